The first-order valence-electron chi connectivity index (χ1n) is 7.73. The number of aliphatic carboxylic acids is 1. The lowest BCUT2D eigenvalue weighted by atomic mass is 10.1. The minimum absolute atomic E-state index is 0.0865. The fourth-order valence-electron chi connectivity index (χ4n) is 2.52. The number of likely N-dealkylation sites (tertiary alicyclic amines) is 1. The largest absolute Gasteiger partial charge is 0.484 e. The topological polar surface area (TPSA) is 78.9 Å². The van der Waals surface area contributed by atoms with Crippen molar-refractivity contribution >= 4 is 12.0 Å². The summed E-state index contributed by atoms with van der Waals surface area (Å²) >= 11 is 0. The predicted octanol–water partition coefficient (Wildman–Crippen LogP) is 2.80. The number of amides is 2. The molecule has 2 N–H and O–H groups in total. The highest BCUT2D eigenvalue weighted by Crippen LogP contribution is 2.22. The van der Waals surface area contributed by atoms with Gasteiger partial charge in [0.1, 0.15) is 5.75 Å². The zero-order valence-corrected chi connectivity index (χ0v) is 13.5. The Balaban J connectivity index is 1.87. The molecule has 1 fully saturated rings. The van der Waals surface area contributed by atoms with Crippen molar-refractivity contribution in [2.75, 3.05) is 19.7 Å². The summed E-state index contributed by atoms with van der Waals surface area (Å²) in [5, 5.41) is 11.7. The van der Waals surface area contributed by atoms with Gasteiger partial charge in [-0.15, -0.1) is 0 Å². The van der Waals surface area contributed by atoms with Crippen LogP contribution in [0.3, 0.4) is 0 Å². The van der Waals surface area contributed by atoms with Crippen LogP contribution in [0.2, 0.25) is 0 Å². The highest BCUT2D eigenvalue weighted by molar-refractivity contribution is 5.77. The number of nitrogens with zero attached hydrogens (tertiary/aromatic N) is 1. The third-order valence-electron chi connectivity index (χ3n) is 3.95. The molecule has 25 heavy (non-hydrogen) atoms. The second-order valence-electron chi connectivity index (χ2n) is 5.91. The summed E-state index contributed by atoms with van der Waals surface area (Å²) in [4.78, 5) is 24.5. The first kappa shape index (κ1) is 18.9. The molecule has 1 aliphatic heterocycles. The average Bonchev–Trinajstić information content (AvgIpc) is 3.03. The number of carboxylic acid groups (broad SMARTS) is 1. The van der Waals surface area contributed by atoms with Gasteiger partial charge in [-0.25, -0.2) is 4.79 Å². The summed E-state index contributed by atoms with van der Waals surface area (Å²) in [5.41, 5.74) is 0.696. The summed E-state index contributed by atoms with van der Waals surface area (Å²) in [6, 6.07) is 5.20. The van der Waals surface area contributed by atoms with Gasteiger partial charge in [0.2, 0.25) is 0 Å². The SMILES string of the molecule is CC(NC(=O)N1CCC(C(=O)O)C1)c1ccc(OCC(F)(F)F)cc1. The molecule has 1 heterocycles. The number of hydrogen-bond acceptors (Lipinski definition) is 3. The van der Waals surface area contributed by atoms with Gasteiger partial charge in [-0.2, -0.15) is 13.2 Å². The number of carbonyl (C=O) groups excluding carboxylic acids is 1. The molecule has 6 nitrogen and oxygen atoms in total. The Labute approximate surface area is 142 Å². The van der Waals surface area contributed by atoms with Gasteiger partial charge in [0.15, 0.2) is 6.61 Å². The van der Waals surface area contributed by atoms with E-state index in [-0.39, 0.29) is 24.4 Å². The van der Waals surface area contributed by atoms with Crippen LogP contribution in [0.1, 0.15) is 24.9 Å². The maximum atomic E-state index is 12.1. The molecule has 1 aromatic carbocycles. The number of hydrogen-bond donors (Lipinski definition) is 2. The van der Waals surface area contributed by atoms with Crippen molar-refractivity contribution in [3.05, 3.63) is 29.8 Å². The zero-order valence-electron chi connectivity index (χ0n) is 13.5. The molecule has 2 rings (SSSR count). The average molecular weight is 360 g/mol. The second kappa shape index (κ2) is 7.62. The van der Waals surface area contributed by atoms with E-state index in [0.717, 1.165) is 0 Å². The lowest BCUT2D eigenvalue weighted by Gasteiger charge is -2.21. The van der Waals surface area contributed by atoms with Crippen LogP contribution >= 0.6 is 0 Å². The molecule has 0 saturated carbocycles. The molecule has 0 bridgehead atoms. The van der Waals surface area contributed by atoms with Crippen LogP contribution in [-0.4, -0.2) is 47.9 Å². The molecule has 0 spiro atoms. The third-order valence-corrected chi connectivity index (χ3v) is 3.95. The van der Waals surface area contributed by atoms with Crippen LogP contribution in [0, 0.1) is 5.92 Å². The van der Waals surface area contributed by atoms with Crippen LogP contribution in [0.5, 0.6) is 5.75 Å². The highest BCUT2D eigenvalue weighted by atomic mass is 19.4. The van der Waals surface area contributed by atoms with E-state index in [9.17, 15) is 22.8 Å². The molecule has 2 atom stereocenters. The highest BCUT2D eigenvalue weighted by Gasteiger charge is 2.31. The molecule has 2 unspecified atom stereocenters. The summed E-state index contributed by atoms with van der Waals surface area (Å²) in [7, 11) is 0. The van der Waals surface area contributed by atoms with Gasteiger partial charge in [-0.05, 0) is 31.0 Å². The lowest BCUT2D eigenvalue weighted by molar-refractivity contribution is -0.153. The van der Waals surface area contributed by atoms with Gasteiger partial charge in [0, 0.05) is 13.1 Å². The normalized spacial score (nSPS) is 18.7. The van der Waals surface area contributed by atoms with Crippen molar-refractivity contribution < 1.29 is 32.6 Å². The predicted molar refractivity (Wildman–Crippen MR) is 82.3 cm³/mol. The van der Waals surface area contributed by atoms with Crippen molar-refractivity contribution in [2.45, 2.75) is 25.6 Å². The van der Waals surface area contributed by atoms with Crippen molar-refractivity contribution in [3.63, 3.8) is 0 Å². The summed E-state index contributed by atoms with van der Waals surface area (Å²) in [6.45, 7) is 0.907. The molecular weight excluding hydrogens is 341 g/mol. The molecule has 0 aliphatic carbocycles. The van der Waals surface area contributed by atoms with Crippen molar-refractivity contribution in [1.82, 2.24) is 10.2 Å². The van der Waals surface area contributed by atoms with Crippen LogP contribution in [0.4, 0.5) is 18.0 Å². The summed E-state index contributed by atoms with van der Waals surface area (Å²) < 4.78 is 40.9. The Morgan fingerprint density at radius 1 is 1.36 bits per heavy atom. The van der Waals surface area contributed by atoms with E-state index in [0.29, 0.717) is 18.5 Å². The van der Waals surface area contributed by atoms with Crippen molar-refractivity contribution in [2.24, 2.45) is 5.92 Å². The maximum absolute atomic E-state index is 12.1. The summed E-state index contributed by atoms with van der Waals surface area (Å²) in [5.74, 6) is -1.38. The van der Waals surface area contributed by atoms with Gasteiger partial charge in [-0.3, -0.25) is 4.79 Å². The number of carboxylic acids is 1. The molecule has 1 aliphatic rings. The molecule has 138 valence electrons. The first-order valence-corrected chi connectivity index (χ1v) is 7.73. The number of urea groups is 1. The van der Waals surface area contributed by atoms with Crippen LogP contribution in [0.25, 0.3) is 0 Å². The Morgan fingerprint density at radius 2 is 2.00 bits per heavy atom. The number of carbonyl (C=O) groups is 2. The van der Waals surface area contributed by atoms with E-state index in [1.54, 1.807) is 19.1 Å². The van der Waals surface area contributed by atoms with Crippen LogP contribution in [0.15, 0.2) is 24.3 Å². The third kappa shape index (κ3) is 5.54. The van der Waals surface area contributed by atoms with Gasteiger partial charge in [0.25, 0.3) is 0 Å². The van der Waals surface area contributed by atoms with E-state index >= 15 is 0 Å². The number of alkyl halides is 3. The Morgan fingerprint density at radius 3 is 2.52 bits per heavy atom. The molecule has 1 saturated heterocycles. The number of halogens is 3. The Kier molecular flexibility index (Phi) is 5.76. The standard InChI is InChI=1S/C16H19F3N2O4/c1-10(20-15(24)21-7-6-12(8-21)14(22)23)11-2-4-13(5-3-11)25-9-16(17,18)19/h2-5,10,12H,6-9H2,1H3,(H,20,24)(H,22,23). The van der Waals surface area contributed by atoms with E-state index in [4.69, 9.17) is 5.11 Å². The molecule has 9 heteroatoms. The monoisotopic (exact) mass is 360 g/mol. The van der Waals surface area contributed by atoms with Gasteiger partial charge in [-0.1, -0.05) is 12.1 Å². The van der Waals surface area contributed by atoms with Crippen LogP contribution in [-0.2, 0) is 4.79 Å². The Bertz CT molecular complexity index is 619. The molecule has 0 radical (unpaired) electrons. The number of benzene rings is 1. The zero-order chi connectivity index (χ0) is 18.6. The fourth-order valence-corrected chi connectivity index (χ4v) is 2.52. The quantitative estimate of drug-likeness (QED) is 0.846. The van der Waals surface area contributed by atoms with E-state index in [1.807, 2.05) is 0 Å². The maximum Gasteiger partial charge on any atom is 0.422 e. The van der Waals surface area contributed by atoms with E-state index in [2.05, 4.69) is 10.1 Å². The van der Waals surface area contributed by atoms with Gasteiger partial charge >= 0.3 is 18.2 Å². The van der Waals surface area contributed by atoms with Crippen LogP contribution < -0.4 is 10.1 Å². The first-order chi connectivity index (χ1) is 11.7. The Hall–Kier alpha value is -2.45. The van der Waals surface area contributed by atoms with E-state index in [1.165, 1.54) is 17.0 Å². The number of ether oxygens (including phenoxy) is 1. The smallest absolute Gasteiger partial charge is 0.422 e. The fraction of sp³-hybridized carbons (Fsp3) is 0.500. The lowest BCUT2D eigenvalue weighted by Crippen LogP contribution is -2.40. The van der Waals surface area contributed by atoms with Gasteiger partial charge in [0.05, 0.1) is 12.0 Å². The minimum atomic E-state index is -4.40. The second-order valence-corrected chi connectivity index (χ2v) is 5.91. The van der Waals surface area contributed by atoms with Gasteiger partial charge < -0.3 is 20.1 Å². The molecule has 0 aromatic heterocycles. The molecule has 1 aromatic rings. The molecular formula is C16H19F3N2O4. The minimum Gasteiger partial charge on any atom is -0.484 e. The van der Waals surface area contributed by atoms with Crippen molar-refractivity contribution in [3.8, 4) is 5.75 Å². The van der Waals surface area contributed by atoms with Crippen molar-refractivity contribution in [1.29, 1.82) is 0 Å². The molecule has 2 amide bonds. The number of nitrogens with one attached hydrogen (secondary N) is 1. The number of rotatable bonds is 5. The van der Waals surface area contributed by atoms with E-state index < -0.39 is 24.7 Å². The summed E-state index contributed by atoms with van der Waals surface area (Å²) in [6.07, 6.45) is -3.98.